The molecule has 1 aliphatic carbocycles. The number of hydrogen-bond acceptors (Lipinski definition) is 2. The molecule has 1 fully saturated rings. The molecule has 2 aliphatic rings. The average Bonchev–Trinajstić information content (AvgIpc) is 3.04. The molecule has 1 atom stereocenters. The number of hydrogen-bond donors (Lipinski definition) is 1. The zero-order valence-electron chi connectivity index (χ0n) is 8.50. The summed E-state index contributed by atoms with van der Waals surface area (Å²) in [6.07, 6.45) is 3.44. The number of benzene rings is 1. The van der Waals surface area contributed by atoms with Gasteiger partial charge in [-0.3, -0.25) is 0 Å². The molecule has 3 heteroatoms. The van der Waals surface area contributed by atoms with Gasteiger partial charge in [-0.25, -0.2) is 4.39 Å². The fraction of sp³-hybridized carbons (Fsp3) is 0.500. The van der Waals surface area contributed by atoms with E-state index in [0.717, 1.165) is 12.0 Å². The summed E-state index contributed by atoms with van der Waals surface area (Å²) in [5, 5.41) is 3.53. The van der Waals surface area contributed by atoms with Crippen molar-refractivity contribution in [2.45, 2.75) is 31.3 Å². The monoisotopic (exact) mass is 207 g/mol. The van der Waals surface area contributed by atoms with Gasteiger partial charge >= 0.3 is 0 Å². The zero-order valence-corrected chi connectivity index (χ0v) is 8.50. The number of ether oxygens (including phenoxy) is 1. The fourth-order valence-electron chi connectivity index (χ4n) is 2.09. The molecule has 1 N–H and O–H groups in total. The van der Waals surface area contributed by atoms with E-state index in [2.05, 4.69) is 5.32 Å². The van der Waals surface area contributed by atoms with Crippen molar-refractivity contribution in [1.82, 2.24) is 5.32 Å². The van der Waals surface area contributed by atoms with E-state index in [1.807, 2.05) is 6.07 Å². The molecule has 1 aromatic rings. The number of rotatable bonds is 2. The Hall–Kier alpha value is -1.09. The van der Waals surface area contributed by atoms with Crippen LogP contribution in [-0.2, 0) is 0 Å². The first-order valence-electron chi connectivity index (χ1n) is 5.52. The van der Waals surface area contributed by atoms with Crippen molar-refractivity contribution in [1.29, 1.82) is 0 Å². The second kappa shape index (κ2) is 3.49. The van der Waals surface area contributed by atoms with Gasteiger partial charge in [-0.15, -0.1) is 0 Å². The largest absolute Gasteiger partial charge is 0.490 e. The molecule has 0 spiro atoms. The third-order valence-corrected chi connectivity index (χ3v) is 3.04. The van der Waals surface area contributed by atoms with E-state index in [9.17, 15) is 4.39 Å². The second-order valence-corrected chi connectivity index (χ2v) is 4.29. The van der Waals surface area contributed by atoms with E-state index in [0.29, 0.717) is 18.4 Å². The maximum atomic E-state index is 13.4. The van der Waals surface area contributed by atoms with Gasteiger partial charge in [0.25, 0.3) is 0 Å². The molecule has 80 valence electrons. The summed E-state index contributed by atoms with van der Waals surface area (Å²) >= 11 is 0. The van der Waals surface area contributed by atoms with E-state index >= 15 is 0 Å². The molecule has 0 radical (unpaired) electrons. The molecule has 2 nitrogen and oxygen atoms in total. The Labute approximate surface area is 88.4 Å². The lowest BCUT2D eigenvalue weighted by Crippen LogP contribution is -2.28. The molecule has 15 heavy (non-hydrogen) atoms. The molecule has 0 bridgehead atoms. The van der Waals surface area contributed by atoms with Crippen molar-refractivity contribution >= 4 is 0 Å². The first kappa shape index (κ1) is 9.16. The van der Waals surface area contributed by atoms with E-state index in [1.54, 1.807) is 6.07 Å². The third-order valence-electron chi connectivity index (χ3n) is 3.04. The van der Waals surface area contributed by atoms with Crippen molar-refractivity contribution in [2.75, 3.05) is 6.61 Å². The Morgan fingerprint density at radius 3 is 2.93 bits per heavy atom. The lowest BCUT2D eigenvalue weighted by atomic mass is 10.0. The van der Waals surface area contributed by atoms with Crippen LogP contribution in [0.25, 0.3) is 0 Å². The predicted octanol–water partition coefficient (Wildman–Crippen LogP) is 2.40. The predicted molar refractivity (Wildman–Crippen MR) is 55.4 cm³/mol. The molecule has 3 rings (SSSR count). The van der Waals surface area contributed by atoms with Gasteiger partial charge in [-0.1, -0.05) is 12.1 Å². The quantitative estimate of drug-likeness (QED) is 0.804. The highest BCUT2D eigenvalue weighted by Crippen LogP contribution is 2.36. The Morgan fingerprint density at radius 2 is 2.13 bits per heavy atom. The summed E-state index contributed by atoms with van der Waals surface area (Å²) in [7, 11) is 0. The van der Waals surface area contributed by atoms with Crippen LogP contribution in [-0.4, -0.2) is 12.6 Å². The average molecular weight is 207 g/mol. The number of halogens is 1. The van der Waals surface area contributed by atoms with Crippen LogP contribution in [0.15, 0.2) is 18.2 Å². The van der Waals surface area contributed by atoms with Crippen LogP contribution in [0.2, 0.25) is 0 Å². The molecule has 0 aromatic heterocycles. The zero-order chi connectivity index (χ0) is 10.3. The number of para-hydroxylation sites is 1. The van der Waals surface area contributed by atoms with Crippen LogP contribution in [0.3, 0.4) is 0 Å². The smallest absolute Gasteiger partial charge is 0.165 e. The van der Waals surface area contributed by atoms with Crippen molar-refractivity contribution < 1.29 is 9.13 Å². The van der Waals surface area contributed by atoms with Crippen LogP contribution in [0.1, 0.15) is 30.9 Å². The molecule has 1 saturated carbocycles. The van der Waals surface area contributed by atoms with Crippen LogP contribution in [0.5, 0.6) is 5.75 Å². The van der Waals surface area contributed by atoms with E-state index in [1.165, 1.54) is 18.9 Å². The van der Waals surface area contributed by atoms with Crippen molar-refractivity contribution in [3.8, 4) is 5.75 Å². The van der Waals surface area contributed by atoms with Gasteiger partial charge in [0, 0.05) is 24.1 Å². The normalized spacial score (nSPS) is 24.5. The highest BCUT2D eigenvalue weighted by molar-refractivity contribution is 5.39. The fourth-order valence-corrected chi connectivity index (χ4v) is 2.09. The summed E-state index contributed by atoms with van der Waals surface area (Å²) < 4.78 is 18.8. The van der Waals surface area contributed by atoms with Gasteiger partial charge in [-0.05, 0) is 18.9 Å². The lowest BCUT2D eigenvalue weighted by Gasteiger charge is -2.27. The SMILES string of the molecule is Fc1cccc2c1OCCC2NC1CC1. The van der Waals surface area contributed by atoms with Crippen LogP contribution >= 0.6 is 0 Å². The second-order valence-electron chi connectivity index (χ2n) is 4.29. The van der Waals surface area contributed by atoms with Gasteiger partial charge in [0.05, 0.1) is 6.61 Å². The Balaban J connectivity index is 1.91. The van der Waals surface area contributed by atoms with Crippen LogP contribution in [0.4, 0.5) is 4.39 Å². The molecule has 1 heterocycles. The highest BCUT2D eigenvalue weighted by atomic mass is 19.1. The Bertz CT molecular complexity index is 376. The molecular formula is C12H14FNO. The third kappa shape index (κ3) is 1.72. The van der Waals surface area contributed by atoms with Crippen LogP contribution < -0.4 is 10.1 Å². The molecule has 1 unspecified atom stereocenters. The summed E-state index contributed by atoms with van der Waals surface area (Å²) in [4.78, 5) is 0. The molecule has 1 aliphatic heterocycles. The first-order chi connectivity index (χ1) is 7.34. The summed E-state index contributed by atoms with van der Waals surface area (Å²) in [5.41, 5.74) is 0.980. The topological polar surface area (TPSA) is 21.3 Å². The van der Waals surface area contributed by atoms with E-state index < -0.39 is 0 Å². The maximum Gasteiger partial charge on any atom is 0.165 e. The summed E-state index contributed by atoms with van der Waals surface area (Å²) in [5.74, 6) is 0.205. The Morgan fingerprint density at radius 1 is 1.27 bits per heavy atom. The van der Waals surface area contributed by atoms with Gasteiger partial charge in [0.2, 0.25) is 0 Å². The summed E-state index contributed by atoms with van der Waals surface area (Å²) in [6, 6.07) is 6.08. The highest BCUT2D eigenvalue weighted by Gasteiger charge is 2.29. The molecule has 1 aromatic carbocycles. The van der Waals surface area contributed by atoms with Gasteiger partial charge in [0.15, 0.2) is 11.6 Å². The minimum absolute atomic E-state index is 0.241. The molecule has 0 saturated heterocycles. The molecule has 0 amide bonds. The minimum Gasteiger partial charge on any atom is -0.490 e. The number of fused-ring (bicyclic) bond motifs is 1. The van der Waals surface area contributed by atoms with Gasteiger partial charge in [-0.2, -0.15) is 0 Å². The minimum atomic E-state index is -0.241. The maximum absolute atomic E-state index is 13.4. The Kier molecular flexibility index (Phi) is 2.13. The van der Waals surface area contributed by atoms with Crippen molar-refractivity contribution in [3.05, 3.63) is 29.6 Å². The van der Waals surface area contributed by atoms with Crippen molar-refractivity contribution in [3.63, 3.8) is 0 Å². The molecular weight excluding hydrogens is 193 g/mol. The van der Waals surface area contributed by atoms with Crippen molar-refractivity contribution in [2.24, 2.45) is 0 Å². The van der Waals surface area contributed by atoms with E-state index in [4.69, 9.17) is 4.74 Å². The lowest BCUT2D eigenvalue weighted by molar-refractivity contribution is 0.240. The van der Waals surface area contributed by atoms with Gasteiger partial charge in [0.1, 0.15) is 0 Å². The summed E-state index contributed by atoms with van der Waals surface area (Å²) in [6.45, 7) is 0.609. The standard InChI is InChI=1S/C12H14FNO/c13-10-3-1-2-9-11(14-8-4-5-8)6-7-15-12(9)10/h1-3,8,11,14H,4-7H2. The van der Waals surface area contributed by atoms with Gasteiger partial charge < -0.3 is 10.1 Å². The number of nitrogens with one attached hydrogen (secondary N) is 1. The first-order valence-corrected chi connectivity index (χ1v) is 5.52. The van der Waals surface area contributed by atoms with Crippen LogP contribution in [0, 0.1) is 5.82 Å². The van der Waals surface area contributed by atoms with E-state index in [-0.39, 0.29) is 11.9 Å².